The number of nitrogens with one attached hydrogen (secondary N) is 3. The Hall–Kier alpha value is -3.10. The molecule has 2 amide bonds. The molecule has 1 saturated carbocycles. The molecule has 1 aromatic carbocycles. The zero-order valence-corrected chi connectivity index (χ0v) is 15.5. The highest BCUT2D eigenvalue weighted by molar-refractivity contribution is 6.46. The second kappa shape index (κ2) is 7.49. The van der Waals surface area contributed by atoms with E-state index < -0.39 is 17.6 Å². The lowest BCUT2D eigenvalue weighted by molar-refractivity contribution is -0.110. The molecule has 1 fully saturated rings. The van der Waals surface area contributed by atoms with Gasteiger partial charge in [-0.3, -0.25) is 14.7 Å². The van der Waals surface area contributed by atoms with Crippen molar-refractivity contribution in [3.63, 3.8) is 0 Å². The van der Waals surface area contributed by atoms with Crippen molar-refractivity contribution in [1.82, 2.24) is 15.2 Å². The van der Waals surface area contributed by atoms with Crippen molar-refractivity contribution in [1.29, 1.82) is 0 Å². The van der Waals surface area contributed by atoms with Crippen LogP contribution in [0.3, 0.4) is 0 Å². The zero-order valence-electron chi connectivity index (χ0n) is 15.5. The van der Waals surface area contributed by atoms with Gasteiger partial charge < -0.3 is 10.6 Å². The number of nitrogens with zero attached hydrogens (tertiary/aromatic N) is 3. The molecule has 1 aliphatic heterocycles. The Morgan fingerprint density at radius 2 is 2.11 bits per heavy atom. The predicted octanol–water partition coefficient (Wildman–Crippen LogP) is 2.63. The average molecular weight is 384 g/mol. The fourth-order valence-corrected chi connectivity index (χ4v) is 3.69. The standard InChI is InChI=1S/C19H21FN6O2/c1-10-6-12(20)16-13(7-10)21-9-14(18(27)24-16)22-19(28)17-23-15(25-26-17)8-11-4-2-3-5-11/h6-7,11,21H,2-5,8-9H2,1H3,(H,24,27)(H,23,25,26). The van der Waals surface area contributed by atoms with E-state index >= 15 is 0 Å². The topological polar surface area (TPSA) is 112 Å². The number of H-pyrrole nitrogens is 1. The molecule has 0 saturated heterocycles. The summed E-state index contributed by atoms with van der Waals surface area (Å²) in [6.45, 7) is 1.75. The van der Waals surface area contributed by atoms with Gasteiger partial charge in [0, 0.05) is 6.42 Å². The molecule has 8 nitrogen and oxygen atoms in total. The number of hydrogen-bond donors (Lipinski definition) is 3. The van der Waals surface area contributed by atoms with Crippen LogP contribution in [-0.2, 0) is 11.2 Å². The molecule has 146 valence electrons. The average Bonchev–Trinajstić information content (AvgIpc) is 3.30. The van der Waals surface area contributed by atoms with Crippen LogP contribution in [0.25, 0.3) is 0 Å². The first-order valence-electron chi connectivity index (χ1n) is 9.38. The second-order valence-electron chi connectivity index (χ2n) is 7.30. The molecule has 28 heavy (non-hydrogen) atoms. The lowest BCUT2D eigenvalue weighted by Gasteiger charge is -2.09. The summed E-state index contributed by atoms with van der Waals surface area (Å²) in [6, 6.07) is 3.04. The van der Waals surface area contributed by atoms with Gasteiger partial charge in [0.15, 0.2) is 0 Å². The highest BCUT2D eigenvalue weighted by Gasteiger charge is 2.24. The van der Waals surface area contributed by atoms with Crippen molar-refractivity contribution in [2.45, 2.75) is 39.0 Å². The Kier molecular flexibility index (Phi) is 4.89. The van der Waals surface area contributed by atoms with Crippen LogP contribution in [0, 0.1) is 18.7 Å². The van der Waals surface area contributed by atoms with Gasteiger partial charge in [-0.25, -0.2) is 14.4 Å². The van der Waals surface area contributed by atoms with Gasteiger partial charge in [0.05, 0.1) is 12.2 Å². The van der Waals surface area contributed by atoms with Gasteiger partial charge >= 0.3 is 5.91 Å². The SMILES string of the molecule is Cc1cc(F)c2c(c1)NCC(=NC(=O)c1n[nH]c(CC3CCCC3)n1)C(=O)N2. The number of carbonyl (C=O) groups is 2. The Balaban J connectivity index is 1.49. The Morgan fingerprint density at radius 1 is 1.32 bits per heavy atom. The number of carbonyl (C=O) groups excluding carboxylic acids is 2. The summed E-state index contributed by atoms with van der Waals surface area (Å²) < 4.78 is 14.1. The fraction of sp³-hybridized carbons (Fsp3) is 0.421. The van der Waals surface area contributed by atoms with E-state index in [9.17, 15) is 14.0 Å². The third-order valence-corrected chi connectivity index (χ3v) is 5.10. The van der Waals surface area contributed by atoms with E-state index in [-0.39, 0.29) is 23.8 Å². The van der Waals surface area contributed by atoms with Crippen LogP contribution in [0.2, 0.25) is 0 Å². The van der Waals surface area contributed by atoms with Crippen molar-refractivity contribution >= 4 is 28.9 Å². The van der Waals surface area contributed by atoms with Crippen LogP contribution in [0.1, 0.15) is 47.7 Å². The third-order valence-electron chi connectivity index (χ3n) is 5.10. The smallest absolute Gasteiger partial charge is 0.317 e. The number of fused-ring (bicyclic) bond motifs is 1. The van der Waals surface area contributed by atoms with Gasteiger partial charge in [0.2, 0.25) is 5.82 Å². The fourth-order valence-electron chi connectivity index (χ4n) is 3.69. The summed E-state index contributed by atoms with van der Waals surface area (Å²) >= 11 is 0. The normalized spacial score (nSPS) is 18.5. The lowest BCUT2D eigenvalue weighted by atomic mass is 10.0. The number of hydrogen-bond acceptors (Lipinski definition) is 5. The van der Waals surface area contributed by atoms with Crippen molar-refractivity contribution in [2.24, 2.45) is 10.9 Å². The largest absolute Gasteiger partial charge is 0.377 e. The zero-order chi connectivity index (χ0) is 19.7. The number of aryl methyl sites for hydroxylation is 1. The van der Waals surface area contributed by atoms with Crippen LogP contribution >= 0.6 is 0 Å². The van der Waals surface area contributed by atoms with Gasteiger partial charge in [0.1, 0.15) is 23.0 Å². The summed E-state index contributed by atoms with van der Waals surface area (Å²) in [7, 11) is 0. The lowest BCUT2D eigenvalue weighted by Crippen LogP contribution is -2.27. The third kappa shape index (κ3) is 3.78. The van der Waals surface area contributed by atoms with E-state index in [2.05, 4.69) is 30.8 Å². The minimum Gasteiger partial charge on any atom is -0.377 e. The van der Waals surface area contributed by atoms with Crippen molar-refractivity contribution in [3.05, 3.63) is 35.2 Å². The highest BCUT2D eigenvalue weighted by atomic mass is 19.1. The van der Waals surface area contributed by atoms with Gasteiger partial charge in [0.25, 0.3) is 5.91 Å². The summed E-state index contributed by atoms with van der Waals surface area (Å²) in [5, 5.41) is 12.1. The summed E-state index contributed by atoms with van der Waals surface area (Å²) in [6.07, 6.45) is 5.53. The number of amides is 2. The van der Waals surface area contributed by atoms with Crippen LogP contribution in [0.5, 0.6) is 0 Å². The molecule has 0 radical (unpaired) electrons. The van der Waals surface area contributed by atoms with Gasteiger partial charge in [-0.1, -0.05) is 25.7 Å². The molecule has 0 unspecified atom stereocenters. The molecule has 1 aromatic heterocycles. The second-order valence-corrected chi connectivity index (χ2v) is 7.30. The predicted molar refractivity (Wildman–Crippen MR) is 102 cm³/mol. The molecule has 9 heteroatoms. The molecule has 2 heterocycles. The Labute approximate surface area is 161 Å². The number of aromatic nitrogens is 3. The van der Waals surface area contributed by atoms with Crippen molar-refractivity contribution in [3.8, 4) is 0 Å². The molecule has 1 aliphatic carbocycles. The number of halogens is 1. The van der Waals surface area contributed by atoms with Gasteiger partial charge in [-0.15, -0.1) is 5.10 Å². The van der Waals surface area contributed by atoms with Crippen molar-refractivity contribution in [2.75, 3.05) is 17.2 Å². The molecule has 2 aromatic rings. The van der Waals surface area contributed by atoms with E-state index in [1.54, 1.807) is 13.0 Å². The molecule has 4 rings (SSSR count). The molecule has 0 spiro atoms. The number of aliphatic imine (C=N–C) groups is 1. The first kappa shape index (κ1) is 18.3. The Bertz CT molecular complexity index is 961. The molecular weight excluding hydrogens is 363 g/mol. The summed E-state index contributed by atoms with van der Waals surface area (Å²) in [5.41, 5.74) is 1.15. The van der Waals surface area contributed by atoms with E-state index in [1.165, 1.54) is 18.9 Å². The maximum atomic E-state index is 14.1. The van der Waals surface area contributed by atoms with E-state index in [1.807, 2.05) is 0 Å². The van der Waals surface area contributed by atoms with Crippen LogP contribution in [-0.4, -0.2) is 39.3 Å². The minimum atomic E-state index is -0.705. The number of aromatic amines is 1. The Morgan fingerprint density at radius 3 is 2.89 bits per heavy atom. The molecular formula is C19H21FN6O2. The highest BCUT2D eigenvalue weighted by Crippen LogP contribution is 2.29. The van der Waals surface area contributed by atoms with Gasteiger partial charge in [-0.05, 0) is 30.5 Å². The number of anilines is 2. The summed E-state index contributed by atoms with van der Waals surface area (Å²) in [4.78, 5) is 32.8. The van der Waals surface area contributed by atoms with E-state index in [4.69, 9.17) is 0 Å². The molecule has 0 bridgehead atoms. The first-order valence-corrected chi connectivity index (χ1v) is 9.38. The summed E-state index contributed by atoms with van der Waals surface area (Å²) in [5.74, 6) is -0.738. The molecule has 3 N–H and O–H groups in total. The monoisotopic (exact) mass is 384 g/mol. The van der Waals surface area contributed by atoms with Crippen molar-refractivity contribution < 1.29 is 14.0 Å². The maximum Gasteiger partial charge on any atom is 0.317 e. The quantitative estimate of drug-likeness (QED) is 0.753. The van der Waals surface area contributed by atoms with Crippen LogP contribution < -0.4 is 10.6 Å². The van der Waals surface area contributed by atoms with Gasteiger partial charge in [-0.2, -0.15) is 0 Å². The van der Waals surface area contributed by atoms with Crippen LogP contribution in [0.4, 0.5) is 15.8 Å². The molecule has 0 atom stereocenters. The van der Waals surface area contributed by atoms with Crippen LogP contribution in [0.15, 0.2) is 17.1 Å². The maximum absolute atomic E-state index is 14.1. The van der Waals surface area contributed by atoms with E-state index in [0.717, 1.165) is 19.3 Å². The number of rotatable bonds is 3. The van der Waals surface area contributed by atoms with E-state index in [0.29, 0.717) is 23.0 Å². The molecule has 2 aliphatic rings. The number of benzene rings is 1. The minimum absolute atomic E-state index is 0.00712. The first-order chi connectivity index (χ1) is 13.5.